The number of carbonyl (C=O) groups excluding carboxylic acids is 1. The monoisotopic (exact) mass is 372 g/mol. The lowest BCUT2D eigenvalue weighted by molar-refractivity contribution is -0.120. The zero-order chi connectivity index (χ0) is 19.2. The van der Waals surface area contributed by atoms with E-state index in [2.05, 4.69) is 63.1 Å². The molecule has 0 saturated carbocycles. The number of anilines is 1. The molecule has 0 saturated heterocycles. The van der Waals surface area contributed by atoms with Crippen LogP contribution in [-0.2, 0) is 11.2 Å². The average molecular weight is 372 g/mol. The average Bonchev–Trinajstić information content (AvgIpc) is 3.02. The third-order valence-electron chi connectivity index (χ3n) is 4.87. The van der Waals surface area contributed by atoms with Crippen molar-refractivity contribution in [1.29, 1.82) is 0 Å². The Hall–Kier alpha value is -3.34. The molecule has 0 radical (unpaired) electrons. The summed E-state index contributed by atoms with van der Waals surface area (Å²) in [7, 11) is 0. The fourth-order valence-electron chi connectivity index (χ4n) is 3.30. The van der Waals surface area contributed by atoms with Gasteiger partial charge in [0.05, 0.1) is 11.0 Å². The van der Waals surface area contributed by atoms with E-state index in [-0.39, 0.29) is 5.91 Å². The maximum absolute atomic E-state index is 12.1. The minimum Gasteiger partial charge on any atom is -0.356 e. The summed E-state index contributed by atoms with van der Waals surface area (Å²) < 4.78 is 0. The zero-order valence-corrected chi connectivity index (χ0v) is 15.7. The minimum absolute atomic E-state index is 0.0717. The fourth-order valence-corrected chi connectivity index (χ4v) is 3.30. The van der Waals surface area contributed by atoms with E-state index in [1.165, 1.54) is 11.1 Å². The van der Waals surface area contributed by atoms with Crippen molar-refractivity contribution in [3.05, 3.63) is 77.4 Å². The number of imidazole rings is 1. The molecule has 0 bridgehead atoms. The van der Waals surface area contributed by atoms with E-state index in [9.17, 15) is 4.79 Å². The Morgan fingerprint density at radius 1 is 1.07 bits per heavy atom. The number of fused-ring (bicyclic) bond motifs is 2. The Morgan fingerprint density at radius 3 is 2.86 bits per heavy atom. The maximum atomic E-state index is 12.1. The number of hydrogen-bond donors (Lipinski definition) is 3. The van der Waals surface area contributed by atoms with Gasteiger partial charge in [0, 0.05) is 19.5 Å². The molecule has 1 aliphatic carbocycles. The quantitative estimate of drug-likeness (QED) is 0.548. The van der Waals surface area contributed by atoms with Crippen molar-refractivity contribution in [1.82, 2.24) is 15.3 Å². The first kappa shape index (κ1) is 18.0. The molecule has 0 atom stereocenters. The standard InChI is InChI=1S/C23H24N4O/c28-22(10-5-15-24-23-26-20-8-3-4-9-21(20)27-23)25-16-17-11-13-18-6-1-2-7-19(18)14-12-17/h1-4,6-9,11-13H,5,10,14-16H2,(H,25,28)(H2,24,26,27). The number of rotatable bonds is 7. The molecule has 1 aromatic heterocycles. The minimum atomic E-state index is 0.0717. The van der Waals surface area contributed by atoms with E-state index in [0.29, 0.717) is 19.5 Å². The number of amides is 1. The number of nitrogens with one attached hydrogen (secondary N) is 3. The number of para-hydroxylation sites is 2. The van der Waals surface area contributed by atoms with Gasteiger partial charge < -0.3 is 15.6 Å². The van der Waals surface area contributed by atoms with E-state index in [0.717, 1.165) is 35.4 Å². The summed E-state index contributed by atoms with van der Waals surface area (Å²) in [5.41, 5.74) is 5.66. The van der Waals surface area contributed by atoms with Crippen molar-refractivity contribution < 1.29 is 4.79 Å². The molecule has 4 rings (SSSR count). The van der Waals surface area contributed by atoms with E-state index in [1.54, 1.807) is 0 Å². The molecule has 3 N–H and O–H groups in total. The van der Waals surface area contributed by atoms with Gasteiger partial charge in [-0.1, -0.05) is 54.6 Å². The second kappa shape index (κ2) is 8.57. The van der Waals surface area contributed by atoms with E-state index >= 15 is 0 Å². The highest BCUT2D eigenvalue weighted by Gasteiger charge is 2.06. The Labute approximate surface area is 164 Å². The third kappa shape index (κ3) is 4.49. The second-order valence-corrected chi connectivity index (χ2v) is 6.92. The highest BCUT2D eigenvalue weighted by molar-refractivity contribution is 5.77. The maximum Gasteiger partial charge on any atom is 0.220 e. The number of H-pyrrole nitrogens is 1. The number of aromatic amines is 1. The molecule has 0 fully saturated rings. The molecule has 1 amide bonds. The summed E-state index contributed by atoms with van der Waals surface area (Å²) in [6.07, 6.45) is 8.54. The smallest absolute Gasteiger partial charge is 0.220 e. The summed E-state index contributed by atoms with van der Waals surface area (Å²) in [6, 6.07) is 16.3. The summed E-state index contributed by atoms with van der Waals surface area (Å²) in [6.45, 7) is 1.27. The number of aromatic nitrogens is 2. The van der Waals surface area contributed by atoms with Gasteiger partial charge in [-0.15, -0.1) is 0 Å². The summed E-state index contributed by atoms with van der Waals surface area (Å²) in [4.78, 5) is 19.8. The topological polar surface area (TPSA) is 69.8 Å². The van der Waals surface area contributed by atoms with Crippen molar-refractivity contribution in [3.8, 4) is 0 Å². The van der Waals surface area contributed by atoms with Crippen LogP contribution in [0.15, 0.2) is 66.3 Å². The highest BCUT2D eigenvalue weighted by Crippen LogP contribution is 2.17. The number of carbonyl (C=O) groups is 1. The number of benzene rings is 2. The summed E-state index contributed by atoms with van der Waals surface area (Å²) in [5.74, 6) is 0.817. The molecule has 5 heteroatoms. The molecular weight excluding hydrogens is 348 g/mol. The van der Waals surface area contributed by atoms with Gasteiger partial charge in [0.15, 0.2) is 0 Å². The molecule has 0 aliphatic heterocycles. The van der Waals surface area contributed by atoms with Crippen LogP contribution in [0.4, 0.5) is 5.95 Å². The molecule has 142 valence electrons. The van der Waals surface area contributed by atoms with Gasteiger partial charge in [0.2, 0.25) is 11.9 Å². The van der Waals surface area contributed by atoms with Crippen LogP contribution in [0.1, 0.15) is 24.0 Å². The van der Waals surface area contributed by atoms with Crippen molar-refractivity contribution in [2.45, 2.75) is 19.3 Å². The van der Waals surface area contributed by atoms with Gasteiger partial charge in [-0.2, -0.15) is 0 Å². The van der Waals surface area contributed by atoms with E-state index in [1.807, 2.05) is 24.3 Å². The third-order valence-corrected chi connectivity index (χ3v) is 4.87. The van der Waals surface area contributed by atoms with Gasteiger partial charge in [-0.25, -0.2) is 4.98 Å². The molecule has 2 aromatic carbocycles. The van der Waals surface area contributed by atoms with Gasteiger partial charge in [-0.05, 0) is 41.7 Å². The van der Waals surface area contributed by atoms with Crippen LogP contribution in [0, 0.1) is 0 Å². The Morgan fingerprint density at radius 2 is 1.93 bits per heavy atom. The van der Waals surface area contributed by atoms with Crippen molar-refractivity contribution in [2.24, 2.45) is 0 Å². The lowest BCUT2D eigenvalue weighted by atomic mass is 10.1. The lowest BCUT2D eigenvalue weighted by Gasteiger charge is -2.06. The predicted molar refractivity (Wildman–Crippen MR) is 114 cm³/mol. The van der Waals surface area contributed by atoms with E-state index < -0.39 is 0 Å². The van der Waals surface area contributed by atoms with Crippen molar-refractivity contribution >= 4 is 29.0 Å². The molecular formula is C23H24N4O. The largest absolute Gasteiger partial charge is 0.356 e. The van der Waals surface area contributed by atoms with Crippen LogP contribution >= 0.6 is 0 Å². The SMILES string of the molecule is O=C(CCCNc1nc2ccccc2[nH]1)NCC1=CCc2ccccc2C=C1. The van der Waals surface area contributed by atoms with Crippen LogP contribution < -0.4 is 10.6 Å². The summed E-state index contributed by atoms with van der Waals surface area (Å²) in [5, 5.41) is 6.26. The van der Waals surface area contributed by atoms with Gasteiger partial charge in [-0.3, -0.25) is 4.79 Å². The molecule has 28 heavy (non-hydrogen) atoms. The first-order valence-electron chi connectivity index (χ1n) is 9.68. The van der Waals surface area contributed by atoms with Gasteiger partial charge in [0.1, 0.15) is 0 Å². The fraction of sp³-hybridized carbons (Fsp3) is 0.217. The molecule has 0 spiro atoms. The normalized spacial score (nSPS) is 12.9. The molecule has 0 unspecified atom stereocenters. The van der Waals surface area contributed by atoms with Crippen LogP contribution in [0.5, 0.6) is 0 Å². The Balaban J connectivity index is 1.18. The molecule has 1 heterocycles. The first-order valence-corrected chi connectivity index (χ1v) is 9.68. The lowest BCUT2D eigenvalue weighted by Crippen LogP contribution is -2.25. The van der Waals surface area contributed by atoms with Crippen LogP contribution in [-0.4, -0.2) is 29.0 Å². The van der Waals surface area contributed by atoms with Gasteiger partial charge >= 0.3 is 0 Å². The Kier molecular flexibility index (Phi) is 5.52. The predicted octanol–water partition coefficient (Wildman–Crippen LogP) is 4.07. The molecule has 1 aliphatic rings. The number of hydrogen-bond acceptors (Lipinski definition) is 3. The highest BCUT2D eigenvalue weighted by atomic mass is 16.1. The van der Waals surface area contributed by atoms with Crippen LogP contribution in [0.2, 0.25) is 0 Å². The van der Waals surface area contributed by atoms with Crippen LogP contribution in [0.25, 0.3) is 17.1 Å². The van der Waals surface area contributed by atoms with Crippen LogP contribution in [0.3, 0.4) is 0 Å². The van der Waals surface area contributed by atoms with E-state index in [4.69, 9.17) is 0 Å². The molecule has 5 nitrogen and oxygen atoms in total. The zero-order valence-electron chi connectivity index (χ0n) is 15.7. The second-order valence-electron chi connectivity index (χ2n) is 6.92. The van der Waals surface area contributed by atoms with Crippen molar-refractivity contribution in [3.63, 3.8) is 0 Å². The van der Waals surface area contributed by atoms with Gasteiger partial charge in [0.25, 0.3) is 0 Å². The number of nitrogens with zero attached hydrogens (tertiary/aromatic N) is 1. The summed E-state index contributed by atoms with van der Waals surface area (Å²) >= 11 is 0. The van der Waals surface area contributed by atoms with Crippen molar-refractivity contribution in [2.75, 3.05) is 18.4 Å². The number of allylic oxidation sites excluding steroid dienone is 1. The molecule has 3 aromatic rings. The first-order chi connectivity index (χ1) is 13.8. The Bertz CT molecular complexity index is 999.